The van der Waals surface area contributed by atoms with E-state index < -0.39 is 0 Å². The molecule has 0 N–H and O–H groups in total. The largest absolute Gasteiger partial charge is 0.247 e. The Hall–Kier alpha value is -0.150. The minimum absolute atomic E-state index is 0.129. The molecule has 0 spiro atoms. The minimum atomic E-state index is 0.129. The second-order valence-electron chi connectivity index (χ2n) is 3.55. The molecule has 0 amide bonds. The fourth-order valence-corrected chi connectivity index (χ4v) is 2.40. The Kier molecular flexibility index (Phi) is 3.68. The Bertz CT molecular complexity index is 295. The molecule has 3 heteroatoms. The summed E-state index contributed by atoms with van der Waals surface area (Å²) in [6.07, 6.45) is 2.97. The van der Waals surface area contributed by atoms with Crippen molar-refractivity contribution in [3.05, 3.63) is 28.7 Å². The van der Waals surface area contributed by atoms with E-state index in [2.05, 4.69) is 39.8 Å². The van der Waals surface area contributed by atoms with E-state index in [1.807, 2.05) is 13.0 Å². The van der Waals surface area contributed by atoms with E-state index in [9.17, 15) is 0 Å². The number of hydrogen-bond acceptors (Lipinski definition) is 2. The van der Waals surface area contributed by atoms with E-state index in [4.69, 9.17) is 0 Å². The summed E-state index contributed by atoms with van der Waals surface area (Å²) < 4.78 is 0. The molecule has 0 fully saturated rings. The van der Waals surface area contributed by atoms with Gasteiger partial charge >= 0.3 is 0 Å². The number of alkyl halides is 1. The van der Waals surface area contributed by atoms with Gasteiger partial charge in [-0.25, -0.2) is 4.98 Å². The average Bonchev–Trinajstić information content (AvgIpc) is 2.51. The SMILES string of the molecule is C=CC(C)(CBr)Cc1nc(C)cs1. The van der Waals surface area contributed by atoms with Gasteiger partial charge in [-0.15, -0.1) is 17.9 Å². The van der Waals surface area contributed by atoms with E-state index >= 15 is 0 Å². The van der Waals surface area contributed by atoms with Gasteiger partial charge in [0.2, 0.25) is 0 Å². The number of aromatic nitrogens is 1. The van der Waals surface area contributed by atoms with Crippen molar-refractivity contribution in [2.75, 3.05) is 5.33 Å². The molecule has 1 aromatic heterocycles. The zero-order valence-corrected chi connectivity index (χ0v) is 10.4. The molecule has 0 radical (unpaired) electrons. The van der Waals surface area contributed by atoms with Crippen LogP contribution in [0.3, 0.4) is 0 Å². The molecule has 0 aromatic carbocycles. The predicted molar refractivity (Wildman–Crippen MR) is 62.7 cm³/mol. The first kappa shape index (κ1) is 10.9. The van der Waals surface area contributed by atoms with Crippen molar-refractivity contribution in [3.8, 4) is 0 Å². The molecule has 0 bridgehead atoms. The van der Waals surface area contributed by atoms with Gasteiger partial charge in [0.15, 0.2) is 0 Å². The third kappa shape index (κ3) is 2.92. The summed E-state index contributed by atoms with van der Waals surface area (Å²) in [5.41, 5.74) is 1.24. The van der Waals surface area contributed by atoms with Crippen LogP contribution in [0, 0.1) is 12.3 Å². The van der Waals surface area contributed by atoms with Crippen molar-refractivity contribution in [2.24, 2.45) is 5.41 Å². The highest BCUT2D eigenvalue weighted by atomic mass is 79.9. The molecule has 0 aliphatic rings. The summed E-state index contributed by atoms with van der Waals surface area (Å²) in [5, 5.41) is 4.22. The second-order valence-corrected chi connectivity index (χ2v) is 5.05. The molecule has 0 saturated heterocycles. The van der Waals surface area contributed by atoms with Crippen molar-refractivity contribution >= 4 is 27.3 Å². The average molecular weight is 260 g/mol. The number of hydrogen-bond donors (Lipinski definition) is 0. The van der Waals surface area contributed by atoms with Gasteiger partial charge in [0.1, 0.15) is 0 Å². The number of thiazole rings is 1. The van der Waals surface area contributed by atoms with Crippen LogP contribution in [0.4, 0.5) is 0 Å². The second kappa shape index (κ2) is 4.38. The quantitative estimate of drug-likeness (QED) is 0.595. The summed E-state index contributed by atoms with van der Waals surface area (Å²) in [6, 6.07) is 0. The minimum Gasteiger partial charge on any atom is -0.247 e. The molecule has 1 nitrogen and oxygen atoms in total. The Morgan fingerprint density at radius 2 is 2.46 bits per heavy atom. The maximum Gasteiger partial charge on any atom is 0.0936 e. The number of nitrogens with zero attached hydrogens (tertiary/aromatic N) is 1. The number of halogens is 1. The molecule has 1 aromatic rings. The standard InChI is InChI=1S/C10H14BrNS/c1-4-10(3,7-11)5-9-12-8(2)6-13-9/h4,6H,1,5,7H2,2-3H3. The molecule has 72 valence electrons. The molecule has 0 aliphatic carbocycles. The van der Waals surface area contributed by atoms with Gasteiger partial charge < -0.3 is 0 Å². The van der Waals surface area contributed by atoms with Crippen molar-refractivity contribution in [3.63, 3.8) is 0 Å². The topological polar surface area (TPSA) is 12.9 Å². The van der Waals surface area contributed by atoms with Crippen LogP contribution in [-0.4, -0.2) is 10.3 Å². The summed E-state index contributed by atoms with van der Waals surface area (Å²) in [4.78, 5) is 4.44. The highest BCUT2D eigenvalue weighted by molar-refractivity contribution is 9.09. The van der Waals surface area contributed by atoms with Gasteiger partial charge in [-0.05, 0) is 6.92 Å². The van der Waals surface area contributed by atoms with Gasteiger partial charge in [-0.3, -0.25) is 0 Å². The lowest BCUT2D eigenvalue weighted by atomic mass is 9.90. The van der Waals surface area contributed by atoms with E-state index in [1.165, 1.54) is 5.01 Å². The first-order valence-electron chi connectivity index (χ1n) is 4.20. The third-order valence-corrected chi connectivity index (χ3v) is 4.27. The molecule has 0 saturated carbocycles. The van der Waals surface area contributed by atoms with Crippen molar-refractivity contribution in [2.45, 2.75) is 20.3 Å². The Labute approximate surface area is 92.0 Å². The van der Waals surface area contributed by atoms with Crippen LogP contribution in [0.2, 0.25) is 0 Å². The molecule has 1 atom stereocenters. The van der Waals surface area contributed by atoms with Crippen LogP contribution in [0.25, 0.3) is 0 Å². The molecular weight excluding hydrogens is 246 g/mol. The summed E-state index contributed by atoms with van der Waals surface area (Å²) in [6.45, 7) is 8.07. The number of allylic oxidation sites excluding steroid dienone is 1. The summed E-state index contributed by atoms with van der Waals surface area (Å²) in [5.74, 6) is 0. The van der Waals surface area contributed by atoms with Crippen molar-refractivity contribution in [1.82, 2.24) is 4.98 Å². The van der Waals surface area contributed by atoms with Crippen LogP contribution < -0.4 is 0 Å². The van der Waals surface area contributed by atoms with E-state index in [-0.39, 0.29) is 5.41 Å². The number of aryl methyl sites for hydroxylation is 1. The third-order valence-electron chi connectivity index (χ3n) is 2.02. The molecular formula is C10H14BrNS. The maximum atomic E-state index is 4.44. The Morgan fingerprint density at radius 3 is 2.85 bits per heavy atom. The number of rotatable bonds is 4. The van der Waals surface area contributed by atoms with E-state index in [0.29, 0.717) is 0 Å². The molecule has 0 aliphatic heterocycles. The molecule has 1 unspecified atom stereocenters. The highest BCUT2D eigenvalue weighted by Crippen LogP contribution is 2.27. The molecule has 1 heterocycles. The maximum absolute atomic E-state index is 4.44. The van der Waals surface area contributed by atoms with E-state index in [0.717, 1.165) is 17.4 Å². The van der Waals surface area contributed by atoms with Crippen LogP contribution in [0.15, 0.2) is 18.0 Å². The Balaban J connectivity index is 2.72. The lowest BCUT2D eigenvalue weighted by Crippen LogP contribution is -2.17. The van der Waals surface area contributed by atoms with Gasteiger partial charge in [0, 0.05) is 28.2 Å². The van der Waals surface area contributed by atoms with Crippen molar-refractivity contribution < 1.29 is 0 Å². The molecule has 1 rings (SSSR count). The van der Waals surface area contributed by atoms with Gasteiger partial charge in [0.25, 0.3) is 0 Å². The van der Waals surface area contributed by atoms with Gasteiger partial charge in [-0.1, -0.05) is 28.9 Å². The normalized spacial score (nSPS) is 15.3. The van der Waals surface area contributed by atoms with Crippen LogP contribution in [0.5, 0.6) is 0 Å². The predicted octanol–water partition coefficient (Wildman–Crippen LogP) is 3.58. The summed E-state index contributed by atoms with van der Waals surface area (Å²) >= 11 is 5.23. The fraction of sp³-hybridized carbons (Fsp3) is 0.500. The van der Waals surface area contributed by atoms with Crippen LogP contribution in [0.1, 0.15) is 17.6 Å². The smallest absolute Gasteiger partial charge is 0.0936 e. The first-order chi connectivity index (χ1) is 6.09. The lowest BCUT2D eigenvalue weighted by Gasteiger charge is -2.20. The van der Waals surface area contributed by atoms with Gasteiger partial charge in [0.05, 0.1) is 5.01 Å². The van der Waals surface area contributed by atoms with Crippen LogP contribution in [-0.2, 0) is 6.42 Å². The van der Waals surface area contributed by atoms with Gasteiger partial charge in [-0.2, -0.15) is 0 Å². The first-order valence-corrected chi connectivity index (χ1v) is 6.20. The highest BCUT2D eigenvalue weighted by Gasteiger charge is 2.20. The Morgan fingerprint density at radius 1 is 1.77 bits per heavy atom. The lowest BCUT2D eigenvalue weighted by molar-refractivity contribution is 0.492. The van der Waals surface area contributed by atoms with Crippen LogP contribution >= 0.6 is 27.3 Å². The molecule has 13 heavy (non-hydrogen) atoms. The monoisotopic (exact) mass is 259 g/mol. The summed E-state index contributed by atoms with van der Waals surface area (Å²) in [7, 11) is 0. The van der Waals surface area contributed by atoms with Crippen molar-refractivity contribution in [1.29, 1.82) is 0 Å². The zero-order chi connectivity index (χ0) is 9.90. The fourth-order valence-electron chi connectivity index (χ4n) is 1.00. The van der Waals surface area contributed by atoms with E-state index in [1.54, 1.807) is 11.3 Å². The zero-order valence-electron chi connectivity index (χ0n) is 8.01.